The van der Waals surface area contributed by atoms with Crippen molar-refractivity contribution in [3.05, 3.63) is 71.4 Å². The van der Waals surface area contributed by atoms with Gasteiger partial charge in [0.2, 0.25) is 0 Å². The van der Waals surface area contributed by atoms with Crippen molar-refractivity contribution in [1.29, 1.82) is 0 Å². The quantitative estimate of drug-likeness (QED) is 0.635. The van der Waals surface area contributed by atoms with Crippen molar-refractivity contribution in [2.75, 3.05) is 6.54 Å². The van der Waals surface area contributed by atoms with E-state index >= 15 is 0 Å². The van der Waals surface area contributed by atoms with Crippen LogP contribution in [0.5, 0.6) is 5.75 Å². The van der Waals surface area contributed by atoms with E-state index in [2.05, 4.69) is 5.32 Å². The van der Waals surface area contributed by atoms with Gasteiger partial charge in [0, 0.05) is 12.1 Å². The lowest BCUT2D eigenvalue weighted by atomic mass is 10.1. The maximum Gasteiger partial charge on any atom is 0.276 e. The maximum atomic E-state index is 12.5. The minimum Gasteiger partial charge on any atom is -0.488 e. The van der Waals surface area contributed by atoms with Crippen LogP contribution in [-0.4, -0.2) is 22.5 Å². The molecule has 1 saturated heterocycles. The van der Waals surface area contributed by atoms with Gasteiger partial charge >= 0.3 is 0 Å². The van der Waals surface area contributed by atoms with E-state index in [4.69, 9.17) is 17.0 Å². The summed E-state index contributed by atoms with van der Waals surface area (Å²) in [6, 6.07) is 17.6. The summed E-state index contributed by atoms with van der Waals surface area (Å²) in [6.45, 7) is 3.11. The highest BCUT2D eigenvalue weighted by atomic mass is 32.1. The van der Waals surface area contributed by atoms with Gasteiger partial charge < -0.3 is 10.1 Å². The Labute approximate surface area is 153 Å². The molecule has 0 atom stereocenters. The minimum atomic E-state index is -0.0929. The molecule has 1 N–H and O–H groups in total. The fraction of sp³-hybridized carbons (Fsp3) is 0.200. The molecule has 0 radical (unpaired) electrons. The van der Waals surface area contributed by atoms with E-state index in [0.29, 0.717) is 24.0 Å². The van der Waals surface area contributed by atoms with Crippen molar-refractivity contribution in [1.82, 2.24) is 10.2 Å². The molecule has 2 aromatic carbocycles. The first-order valence-electron chi connectivity index (χ1n) is 8.29. The summed E-state index contributed by atoms with van der Waals surface area (Å²) >= 11 is 5.25. The van der Waals surface area contributed by atoms with Crippen LogP contribution in [0.25, 0.3) is 6.08 Å². The molecule has 0 aliphatic carbocycles. The first-order chi connectivity index (χ1) is 12.2. The number of thiocarbonyl (C=S) groups is 1. The Morgan fingerprint density at radius 3 is 2.60 bits per heavy atom. The van der Waals surface area contributed by atoms with E-state index in [0.717, 1.165) is 23.3 Å². The largest absolute Gasteiger partial charge is 0.488 e. The second-order valence-corrected chi connectivity index (χ2v) is 6.14. The number of benzene rings is 2. The van der Waals surface area contributed by atoms with E-state index in [9.17, 15) is 4.79 Å². The van der Waals surface area contributed by atoms with Crippen molar-refractivity contribution in [2.45, 2.75) is 20.0 Å². The van der Waals surface area contributed by atoms with Crippen molar-refractivity contribution in [2.24, 2.45) is 0 Å². The van der Waals surface area contributed by atoms with Crippen LogP contribution in [0.1, 0.15) is 24.5 Å². The first-order valence-corrected chi connectivity index (χ1v) is 8.70. The Hall–Kier alpha value is -2.66. The summed E-state index contributed by atoms with van der Waals surface area (Å²) in [6.07, 6.45) is 2.65. The molecule has 1 heterocycles. The Bertz CT molecular complexity index is 802. The Kier molecular flexibility index (Phi) is 5.46. The number of rotatable bonds is 6. The van der Waals surface area contributed by atoms with Gasteiger partial charge in [-0.1, -0.05) is 55.5 Å². The zero-order chi connectivity index (χ0) is 17.6. The monoisotopic (exact) mass is 352 g/mol. The second kappa shape index (κ2) is 7.94. The van der Waals surface area contributed by atoms with Gasteiger partial charge in [-0.15, -0.1) is 0 Å². The third-order valence-electron chi connectivity index (χ3n) is 3.87. The average molecular weight is 352 g/mol. The van der Waals surface area contributed by atoms with Gasteiger partial charge in [0.25, 0.3) is 5.91 Å². The van der Waals surface area contributed by atoms with Crippen molar-refractivity contribution < 1.29 is 9.53 Å². The fourth-order valence-electron chi connectivity index (χ4n) is 2.62. The van der Waals surface area contributed by atoms with E-state index < -0.39 is 0 Å². The lowest BCUT2D eigenvalue weighted by Gasteiger charge is -2.11. The van der Waals surface area contributed by atoms with Gasteiger partial charge in [-0.2, -0.15) is 0 Å². The molecule has 1 amide bonds. The molecule has 0 bridgehead atoms. The van der Waals surface area contributed by atoms with Gasteiger partial charge in [-0.25, -0.2) is 0 Å². The van der Waals surface area contributed by atoms with Crippen molar-refractivity contribution in [3.8, 4) is 5.75 Å². The van der Waals surface area contributed by atoms with E-state index in [1.54, 1.807) is 11.0 Å². The number of para-hydroxylation sites is 1. The average Bonchev–Trinajstić information content (AvgIpc) is 2.90. The predicted octanol–water partition coefficient (Wildman–Crippen LogP) is 3.73. The number of hydrogen-bond acceptors (Lipinski definition) is 3. The lowest BCUT2D eigenvalue weighted by Crippen LogP contribution is -2.31. The first kappa shape index (κ1) is 17.2. The van der Waals surface area contributed by atoms with Crippen LogP contribution in [0.2, 0.25) is 0 Å². The van der Waals surface area contributed by atoms with Gasteiger partial charge in [0.1, 0.15) is 18.1 Å². The molecular weight excluding hydrogens is 332 g/mol. The number of nitrogens with zero attached hydrogens (tertiary/aromatic N) is 1. The molecule has 4 nitrogen and oxygen atoms in total. The standard InChI is InChI=1S/C20H20N2O2S/c1-2-12-22-19(23)17(21-20(22)25)13-16-10-6-7-11-18(16)24-14-15-8-4-3-5-9-15/h3-11,13H,2,12,14H2,1H3,(H,21,25). The normalized spacial score (nSPS) is 15.6. The Morgan fingerprint density at radius 2 is 1.84 bits per heavy atom. The molecule has 3 rings (SSSR count). The topological polar surface area (TPSA) is 41.6 Å². The molecule has 0 spiro atoms. The van der Waals surface area contributed by atoms with Gasteiger partial charge in [-0.05, 0) is 36.3 Å². The van der Waals surface area contributed by atoms with Crippen LogP contribution >= 0.6 is 12.2 Å². The van der Waals surface area contributed by atoms with E-state index in [1.165, 1.54) is 0 Å². The summed E-state index contributed by atoms with van der Waals surface area (Å²) in [5.74, 6) is 0.637. The smallest absolute Gasteiger partial charge is 0.276 e. The number of ether oxygens (including phenoxy) is 1. The zero-order valence-electron chi connectivity index (χ0n) is 14.1. The van der Waals surface area contributed by atoms with Gasteiger partial charge in [0.05, 0.1) is 0 Å². The highest BCUT2D eigenvalue weighted by molar-refractivity contribution is 7.80. The third-order valence-corrected chi connectivity index (χ3v) is 4.19. The van der Waals surface area contributed by atoms with Crippen molar-refractivity contribution >= 4 is 29.3 Å². The third kappa shape index (κ3) is 4.06. The van der Waals surface area contributed by atoms with Crippen LogP contribution in [0.15, 0.2) is 60.3 Å². The SMILES string of the molecule is CCCN1C(=O)C(=Cc2ccccc2OCc2ccccc2)NC1=S. The molecule has 5 heteroatoms. The summed E-state index contributed by atoms with van der Waals surface area (Å²) in [5.41, 5.74) is 2.42. The number of nitrogens with one attached hydrogen (secondary N) is 1. The van der Waals surface area contributed by atoms with Crippen LogP contribution in [0.4, 0.5) is 0 Å². The molecule has 0 aromatic heterocycles. The van der Waals surface area contributed by atoms with Gasteiger partial charge in [0.15, 0.2) is 5.11 Å². The molecular formula is C20H20N2O2S. The second-order valence-electron chi connectivity index (χ2n) is 5.76. The zero-order valence-corrected chi connectivity index (χ0v) is 14.9. The molecule has 2 aromatic rings. The molecule has 0 unspecified atom stereocenters. The lowest BCUT2D eigenvalue weighted by molar-refractivity contribution is -0.122. The number of amides is 1. The number of hydrogen-bond donors (Lipinski definition) is 1. The number of carbonyl (C=O) groups is 1. The molecule has 1 aliphatic rings. The number of carbonyl (C=O) groups excluding carboxylic acids is 1. The van der Waals surface area contributed by atoms with Crippen LogP contribution in [0, 0.1) is 0 Å². The summed E-state index contributed by atoms with van der Waals surface area (Å²) in [5, 5.41) is 3.46. The highest BCUT2D eigenvalue weighted by Crippen LogP contribution is 2.23. The van der Waals surface area contributed by atoms with Crippen LogP contribution in [-0.2, 0) is 11.4 Å². The highest BCUT2D eigenvalue weighted by Gasteiger charge is 2.29. The maximum absolute atomic E-state index is 12.5. The molecule has 0 saturated carbocycles. The minimum absolute atomic E-state index is 0.0929. The van der Waals surface area contributed by atoms with E-state index in [-0.39, 0.29) is 5.91 Å². The Morgan fingerprint density at radius 1 is 1.12 bits per heavy atom. The van der Waals surface area contributed by atoms with Crippen LogP contribution in [0.3, 0.4) is 0 Å². The molecule has 128 valence electrons. The van der Waals surface area contributed by atoms with E-state index in [1.807, 2.05) is 61.5 Å². The van der Waals surface area contributed by atoms with Crippen LogP contribution < -0.4 is 10.1 Å². The predicted molar refractivity (Wildman–Crippen MR) is 103 cm³/mol. The van der Waals surface area contributed by atoms with Crippen molar-refractivity contribution in [3.63, 3.8) is 0 Å². The summed E-state index contributed by atoms with van der Waals surface area (Å²) in [7, 11) is 0. The van der Waals surface area contributed by atoms with Gasteiger partial charge in [-0.3, -0.25) is 9.69 Å². The molecule has 25 heavy (non-hydrogen) atoms. The molecule has 1 aliphatic heterocycles. The Balaban J connectivity index is 1.79. The summed E-state index contributed by atoms with van der Waals surface area (Å²) < 4.78 is 5.94. The summed E-state index contributed by atoms with van der Waals surface area (Å²) in [4.78, 5) is 14.1. The molecule has 1 fully saturated rings. The fourth-order valence-corrected chi connectivity index (χ4v) is 2.90.